The predicted molar refractivity (Wildman–Crippen MR) is 45.1 cm³/mol. The topological polar surface area (TPSA) is 38.7 Å². The van der Waals surface area contributed by atoms with Crippen molar-refractivity contribution < 1.29 is 9.53 Å². The monoisotopic (exact) mass is 183 g/mol. The van der Waals surface area contributed by atoms with Crippen LogP contribution in [0.25, 0.3) is 0 Å². The summed E-state index contributed by atoms with van der Waals surface area (Å²) in [5, 5.41) is 0.640. The third-order valence-corrected chi connectivity index (χ3v) is 1.43. The minimum absolute atomic E-state index is 0.00880. The van der Waals surface area contributed by atoms with Crippen molar-refractivity contribution in [2.24, 2.45) is 4.99 Å². The first-order valence-electron chi connectivity index (χ1n) is 3.25. The summed E-state index contributed by atoms with van der Waals surface area (Å²) in [6, 6.07) is 6.79. The molecule has 0 radical (unpaired) electrons. The van der Waals surface area contributed by atoms with Gasteiger partial charge in [-0.1, -0.05) is 11.6 Å². The first-order chi connectivity index (χ1) is 5.83. The van der Waals surface area contributed by atoms with Crippen LogP contribution in [-0.2, 0) is 4.79 Å². The quantitative estimate of drug-likeness (QED) is 0.531. The molecule has 0 amide bonds. The molecular formula is C8H6ClNO2. The van der Waals surface area contributed by atoms with E-state index in [1.54, 1.807) is 24.3 Å². The predicted octanol–water partition coefficient (Wildman–Crippen LogP) is 2.01. The Morgan fingerprint density at radius 2 is 2.08 bits per heavy atom. The first-order valence-corrected chi connectivity index (χ1v) is 3.63. The van der Waals surface area contributed by atoms with E-state index in [0.29, 0.717) is 10.8 Å². The molecule has 0 aromatic heterocycles. The third kappa shape index (κ3) is 2.74. The summed E-state index contributed by atoms with van der Waals surface area (Å²) in [4.78, 5) is 12.9. The van der Waals surface area contributed by atoms with E-state index in [1.165, 1.54) is 6.08 Å². The fourth-order valence-corrected chi connectivity index (χ4v) is 0.790. The summed E-state index contributed by atoms with van der Waals surface area (Å²) < 4.78 is 5.01. The van der Waals surface area contributed by atoms with Gasteiger partial charge in [-0.3, -0.25) is 0 Å². The fourth-order valence-electron chi connectivity index (χ4n) is 0.664. The molecule has 0 bridgehead atoms. The fraction of sp³-hybridized carbons (Fsp3) is 0.125. The smallest absolute Gasteiger partial charge is 0.238 e. The van der Waals surface area contributed by atoms with Gasteiger partial charge in [-0.2, -0.15) is 4.99 Å². The van der Waals surface area contributed by atoms with Crippen LogP contribution in [0.1, 0.15) is 0 Å². The second kappa shape index (κ2) is 4.54. The van der Waals surface area contributed by atoms with E-state index in [-0.39, 0.29) is 6.73 Å². The number of ether oxygens (including phenoxy) is 1. The van der Waals surface area contributed by atoms with Gasteiger partial charge in [0.1, 0.15) is 5.75 Å². The summed E-state index contributed by atoms with van der Waals surface area (Å²) in [7, 11) is 0. The number of isocyanates is 1. The summed E-state index contributed by atoms with van der Waals surface area (Å²) in [6.07, 6.45) is 1.37. The molecule has 0 aliphatic carbocycles. The molecule has 0 N–H and O–H groups in total. The van der Waals surface area contributed by atoms with E-state index in [0.717, 1.165) is 0 Å². The highest BCUT2D eigenvalue weighted by atomic mass is 35.5. The van der Waals surface area contributed by atoms with Crippen molar-refractivity contribution in [1.29, 1.82) is 0 Å². The largest absolute Gasteiger partial charge is 0.471 e. The van der Waals surface area contributed by atoms with Gasteiger partial charge >= 0.3 is 0 Å². The third-order valence-electron chi connectivity index (χ3n) is 1.17. The number of hydrogen-bond donors (Lipinski definition) is 0. The highest BCUT2D eigenvalue weighted by Gasteiger charge is 1.90. The van der Waals surface area contributed by atoms with E-state index in [2.05, 4.69) is 4.99 Å². The molecule has 0 fully saturated rings. The van der Waals surface area contributed by atoms with Crippen LogP contribution >= 0.6 is 11.6 Å². The number of rotatable bonds is 3. The van der Waals surface area contributed by atoms with Gasteiger partial charge in [0.15, 0.2) is 6.73 Å². The minimum Gasteiger partial charge on any atom is -0.471 e. The zero-order valence-electron chi connectivity index (χ0n) is 6.16. The molecule has 0 spiro atoms. The molecule has 1 aromatic carbocycles. The lowest BCUT2D eigenvalue weighted by Crippen LogP contribution is -1.92. The van der Waals surface area contributed by atoms with Gasteiger partial charge in [0.05, 0.1) is 0 Å². The Morgan fingerprint density at radius 3 is 2.67 bits per heavy atom. The van der Waals surface area contributed by atoms with Gasteiger partial charge in [0.25, 0.3) is 0 Å². The Hall–Kier alpha value is -1.31. The average Bonchev–Trinajstić information content (AvgIpc) is 2.09. The molecule has 0 heterocycles. The van der Waals surface area contributed by atoms with Crippen LogP contribution < -0.4 is 4.74 Å². The second-order valence-corrected chi connectivity index (χ2v) is 2.41. The second-order valence-electron chi connectivity index (χ2n) is 1.98. The lowest BCUT2D eigenvalue weighted by atomic mass is 10.3. The average molecular weight is 184 g/mol. The number of hydrogen-bond acceptors (Lipinski definition) is 3. The molecule has 1 rings (SSSR count). The molecule has 0 aliphatic rings. The summed E-state index contributed by atoms with van der Waals surface area (Å²) in [5.41, 5.74) is 0. The van der Waals surface area contributed by atoms with Gasteiger partial charge in [-0.15, -0.1) is 0 Å². The molecule has 0 aliphatic heterocycles. The SMILES string of the molecule is O=C=NCOc1ccc(Cl)cc1. The number of carbonyl (C=O) groups excluding carboxylic acids is 1. The van der Waals surface area contributed by atoms with Crippen LogP contribution in [0.3, 0.4) is 0 Å². The van der Waals surface area contributed by atoms with E-state index in [1.807, 2.05) is 0 Å². The van der Waals surface area contributed by atoms with Gasteiger partial charge in [-0.25, -0.2) is 4.79 Å². The van der Waals surface area contributed by atoms with Crippen molar-refractivity contribution in [3.63, 3.8) is 0 Å². The molecule has 0 saturated heterocycles. The molecular weight excluding hydrogens is 178 g/mol. The highest BCUT2D eigenvalue weighted by molar-refractivity contribution is 6.30. The Labute approximate surface area is 74.6 Å². The summed E-state index contributed by atoms with van der Waals surface area (Å²) in [5.74, 6) is 0.624. The van der Waals surface area contributed by atoms with Crippen LogP contribution in [0.2, 0.25) is 5.02 Å². The number of benzene rings is 1. The van der Waals surface area contributed by atoms with Crippen molar-refractivity contribution in [3.8, 4) is 5.75 Å². The molecule has 3 nitrogen and oxygen atoms in total. The lowest BCUT2D eigenvalue weighted by molar-refractivity contribution is 0.330. The summed E-state index contributed by atoms with van der Waals surface area (Å²) in [6.45, 7) is -0.00880. The van der Waals surface area contributed by atoms with Gasteiger partial charge < -0.3 is 4.74 Å². The van der Waals surface area contributed by atoms with Crippen LogP contribution in [-0.4, -0.2) is 12.8 Å². The zero-order chi connectivity index (χ0) is 8.81. The Balaban J connectivity index is 2.53. The van der Waals surface area contributed by atoms with Crippen LogP contribution in [0.4, 0.5) is 0 Å². The maximum absolute atomic E-state index is 9.66. The number of halogens is 1. The van der Waals surface area contributed by atoms with Crippen molar-refractivity contribution in [3.05, 3.63) is 29.3 Å². The van der Waals surface area contributed by atoms with Crippen molar-refractivity contribution >= 4 is 17.7 Å². The van der Waals surface area contributed by atoms with Gasteiger partial charge in [-0.05, 0) is 24.3 Å². The van der Waals surface area contributed by atoms with Gasteiger partial charge in [0.2, 0.25) is 6.08 Å². The number of aliphatic imine (C=N–C) groups is 1. The normalized spacial score (nSPS) is 8.75. The molecule has 62 valence electrons. The number of nitrogens with zero attached hydrogens (tertiary/aromatic N) is 1. The lowest BCUT2D eigenvalue weighted by Gasteiger charge is -1.99. The van der Waals surface area contributed by atoms with Crippen LogP contribution in [0.15, 0.2) is 29.3 Å². The summed E-state index contributed by atoms with van der Waals surface area (Å²) >= 11 is 5.63. The maximum Gasteiger partial charge on any atom is 0.238 e. The van der Waals surface area contributed by atoms with Crippen molar-refractivity contribution in [1.82, 2.24) is 0 Å². The Kier molecular flexibility index (Phi) is 3.33. The molecule has 1 aromatic rings. The van der Waals surface area contributed by atoms with Crippen molar-refractivity contribution in [2.75, 3.05) is 6.73 Å². The van der Waals surface area contributed by atoms with Crippen LogP contribution in [0, 0.1) is 0 Å². The standard InChI is InChI=1S/C8H6ClNO2/c9-7-1-3-8(4-2-7)12-6-10-5-11/h1-4H,6H2. The minimum atomic E-state index is -0.00880. The molecule has 0 atom stereocenters. The Bertz CT molecular complexity index is 290. The van der Waals surface area contributed by atoms with Gasteiger partial charge in [0, 0.05) is 5.02 Å². The highest BCUT2D eigenvalue weighted by Crippen LogP contribution is 2.15. The molecule has 0 saturated carbocycles. The molecule has 12 heavy (non-hydrogen) atoms. The maximum atomic E-state index is 9.66. The van der Waals surface area contributed by atoms with Crippen LogP contribution in [0.5, 0.6) is 5.75 Å². The Morgan fingerprint density at radius 1 is 1.42 bits per heavy atom. The van der Waals surface area contributed by atoms with E-state index < -0.39 is 0 Å². The van der Waals surface area contributed by atoms with E-state index >= 15 is 0 Å². The molecule has 4 heteroatoms. The van der Waals surface area contributed by atoms with E-state index in [9.17, 15) is 4.79 Å². The zero-order valence-corrected chi connectivity index (χ0v) is 6.91. The first kappa shape index (κ1) is 8.78. The van der Waals surface area contributed by atoms with E-state index in [4.69, 9.17) is 16.3 Å². The molecule has 0 unspecified atom stereocenters. The van der Waals surface area contributed by atoms with Crippen molar-refractivity contribution in [2.45, 2.75) is 0 Å².